The minimum absolute atomic E-state index is 0.0130. The van der Waals surface area contributed by atoms with Gasteiger partial charge < -0.3 is 19.5 Å². The summed E-state index contributed by atoms with van der Waals surface area (Å²) >= 11 is 0. The summed E-state index contributed by atoms with van der Waals surface area (Å²) in [5.41, 5.74) is 0.835. The van der Waals surface area contributed by atoms with Crippen molar-refractivity contribution in [3.8, 4) is 0 Å². The zero-order chi connectivity index (χ0) is 48.0. The molecule has 388 valence electrons. The van der Waals surface area contributed by atoms with E-state index in [1.807, 2.05) is 10.9 Å². The predicted molar refractivity (Wildman–Crippen MR) is 279 cm³/mol. The van der Waals surface area contributed by atoms with Crippen LogP contribution in [0, 0.1) is 0 Å². The van der Waals surface area contributed by atoms with Gasteiger partial charge in [0.05, 0.1) is 18.3 Å². The number of ether oxygens (including phenoxy) is 2. The summed E-state index contributed by atoms with van der Waals surface area (Å²) < 4.78 is 14.1. The number of aliphatic hydroxyl groups is 1. The second-order valence-corrected chi connectivity index (χ2v) is 20.4. The average Bonchev–Trinajstić information content (AvgIpc) is 3.75. The van der Waals surface area contributed by atoms with Crippen molar-refractivity contribution >= 4 is 11.9 Å². The number of carbonyl (C=O) groups is 2. The Balaban J connectivity index is 2.48. The van der Waals surface area contributed by atoms with Crippen molar-refractivity contribution < 1.29 is 24.2 Å². The first-order valence-electron chi connectivity index (χ1n) is 29.0. The van der Waals surface area contributed by atoms with Crippen molar-refractivity contribution in [3.63, 3.8) is 0 Å². The molecule has 1 N–H and O–H groups in total. The van der Waals surface area contributed by atoms with Gasteiger partial charge in [0, 0.05) is 32.0 Å². The molecule has 9 heteroatoms. The maximum Gasteiger partial charge on any atom is 0.306 e. The van der Waals surface area contributed by atoms with Crippen LogP contribution in [0.15, 0.2) is 6.20 Å². The third-order valence-electron chi connectivity index (χ3n) is 13.6. The van der Waals surface area contributed by atoms with Gasteiger partial charge in [-0.1, -0.05) is 200 Å². The van der Waals surface area contributed by atoms with E-state index in [0.29, 0.717) is 19.3 Å². The number of rotatable bonds is 51. The summed E-state index contributed by atoms with van der Waals surface area (Å²) in [5, 5.41) is 18.4. The molecule has 1 unspecified atom stereocenters. The Kier molecular flexibility index (Phi) is 43.9. The van der Waals surface area contributed by atoms with Crippen LogP contribution < -0.4 is 0 Å². The highest BCUT2D eigenvalue weighted by molar-refractivity contribution is 5.69. The van der Waals surface area contributed by atoms with Gasteiger partial charge in [-0.25, -0.2) is 0 Å². The molecule has 0 aliphatic heterocycles. The maximum absolute atomic E-state index is 12.9. The van der Waals surface area contributed by atoms with Gasteiger partial charge in [0.15, 0.2) is 0 Å². The lowest BCUT2D eigenvalue weighted by Crippen LogP contribution is -2.30. The molecule has 1 aromatic heterocycles. The van der Waals surface area contributed by atoms with E-state index in [9.17, 15) is 14.7 Å². The second kappa shape index (κ2) is 46.7. The molecule has 0 radical (unpaired) electrons. The number of hydrogen-bond acceptors (Lipinski definition) is 8. The largest absolute Gasteiger partial charge is 0.462 e. The Morgan fingerprint density at radius 3 is 1.20 bits per heavy atom. The Morgan fingerprint density at radius 1 is 0.500 bits per heavy atom. The van der Waals surface area contributed by atoms with Crippen LogP contribution in [0.2, 0.25) is 0 Å². The molecule has 66 heavy (non-hydrogen) atoms. The lowest BCUT2D eigenvalue weighted by molar-refractivity contribution is -0.151. The summed E-state index contributed by atoms with van der Waals surface area (Å²) in [5.74, 6) is 0.0260. The minimum Gasteiger partial charge on any atom is -0.462 e. The maximum atomic E-state index is 12.9. The van der Waals surface area contributed by atoms with E-state index in [-0.39, 0.29) is 24.1 Å². The number of hydrogen-bond donors (Lipinski definition) is 1. The third-order valence-corrected chi connectivity index (χ3v) is 13.6. The van der Waals surface area contributed by atoms with E-state index in [1.54, 1.807) is 6.92 Å². The topological polar surface area (TPSA) is 107 Å². The molecule has 0 saturated carbocycles. The van der Waals surface area contributed by atoms with Gasteiger partial charge in [-0.3, -0.25) is 14.3 Å². The molecule has 0 spiro atoms. The molecule has 0 aliphatic carbocycles. The van der Waals surface area contributed by atoms with E-state index >= 15 is 0 Å². The lowest BCUT2D eigenvalue weighted by Gasteiger charge is -2.22. The monoisotopic (exact) mass is 931 g/mol. The first-order chi connectivity index (χ1) is 32.3. The van der Waals surface area contributed by atoms with E-state index < -0.39 is 6.10 Å². The van der Waals surface area contributed by atoms with E-state index in [4.69, 9.17) is 9.47 Å². The summed E-state index contributed by atoms with van der Waals surface area (Å²) in [7, 11) is 0. The second-order valence-electron chi connectivity index (χ2n) is 20.4. The summed E-state index contributed by atoms with van der Waals surface area (Å²) in [6, 6.07) is 0. The Labute approximate surface area is 408 Å². The number of aliphatic hydroxyl groups excluding tert-OH is 1. The van der Waals surface area contributed by atoms with Gasteiger partial charge in [-0.15, -0.1) is 5.10 Å². The fourth-order valence-electron chi connectivity index (χ4n) is 9.32. The molecule has 0 saturated heterocycles. The minimum atomic E-state index is -0.425. The SMILES string of the molecule is CCCCCCCCC(CCCCCCCC)OC(=O)CCCCCCCN(CCCCCCCC(=O)OC(CCCCCCCC)CCCCCCCC)CCn1cc(CC(C)O)nn1. The normalized spacial score (nSPS) is 12.3. The summed E-state index contributed by atoms with van der Waals surface area (Å²) in [4.78, 5) is 28.4. The molecule has 0 fully saturated rings. The Bertz CT molecular complexity index is 1100. The molecular formula is C57H110N4O5. The van der Waals surface area contributed by atoms with Gasteiger partial charge in [0.2, 0.25) is 0 Å². The van der Waals surface area contributed by atoms with Crippen LogP contribution >= 0.6 is 0 Å². The van der Waals surface area contributed by atoms with Crippen LogP contribution in [-0.2, 0) is 32.0 Å². The molecule has 1 aromatic rings. The van der Waals surface area contributed by atoms with Crippen molar-refractivity contribution in [1.82, 2.24) is 19.9 Å². The number of carbonyl (C=O) groups excluding carboxylic acids is 2. The van der Waals surface area contributed by atoms with Crippen molar-refractivity contribution in [3.05, 3.63) is 11.9 Å². The smallest absolute Gasteiger partial charge is 0.306 e. The quantitative estimate of drug-likeness (QED) is 0.0509. The molecular weight excluding hydrogens is 821 g/mol. The Morgan fingerprint density at radius 2 is 0.833 bits per heavy atom. The fourth-order valence-corrected chi connectivity index (χ4v) is 9.32. The summed E-state index contributed by atoms with van der Waals surface area (Å²) in [6.45, 7) is 14.7. The molecule has 1 heterocycles. The molecule has 0 amide bonds. The average molecular weight is 932 g/mol. The highest BCUT2D eigenvalue weighted by Crippen LogP contribution is 2.20. The molecule has 1 atom stereocenters. The van der Waals surface area contributed by atoms with Crippen LogP contribution in [0.4, 0.5) is 0 Å². The predicted octanol–water partition coefficient (Wildman–Crippen LogP) is 16.0. The zero-order valence-corrected chi connectivity index (χ0v) is 44.5. The molecule has 1 rings (SSSR count). The van der Waals surface area contributed by atoms with Gasteiger partial charge in [-0.2, -0.15) is 0 Å². The van der Waals surface area contributed by atoms with Crippen LogP contribution in [0.25, 0.3) is 0 Å². The third kappa shape index (κ3) is 39.9. The van der Waals surface area contributed by atoms with Gasteiger partial charge in [0.25, 0.3) is 0 Å². The van der Waals surface area contributed by atoms with Crippen molar-refractivity contribution in [2.75, 3.05) is 19.6 Å². The van der Waals surface area contributed by atoms with Gasteiger partial charge in [-0.05, 0) is 97.1 Å². The van der Waals surface area contributed by atoms with Gasteiger partial charge in [0.1, 0.15) is 12.2 Å². The number of esters is 2. The first kappa shape index (κ1) is 62.0. The van der Waals surface area contributed by atoms with E-state index in [2.05, 4.69) is 42.9 Å². The molecule has 0 aliphatic rings. The zero-order valence-electron chi connectivity index (χ0n) is 44.5. The molecule has 0 bridgehead atoms. The first-order valence-corrected chi connectivity index (χ1v) is 29.0. The summed E-state index contributed by atoms with van der Waals surface area (Å²) in [6.07, 6.45) is 49.0. The van der Waals surface area contributed by atoms with Crippen LogP contribution in [0.5, 0.6) is 0 Å². The number of nitrogens with zero attached hydrogens (tertiary/aromatic N) is 4. The standard InChI is InChI=1S/C57H110N4O5/c1-6-10-14-18-24-32-40-54(41-33-25-19-15-11-7-2)65-56(63)44-36-28-22-30-38-46-60(48-49-61-51-53(58-59-61)50-52(5)62)47-39-31-23-29-37-45-57(64)66-55(42-34-26-20-16-12-8-3)43-35-27-21-17-13-9-4/h51-52,54-55,62H,6-50H2,1-5H3. The Hall–Kier alpha value is -2.00. The fraction of sp³-hybridized carbons (Fsp3) is 0.930. The molecule has 9 nitrogen and oxygen atoms in total. The van der Waals surface area contributed by atoms with E-state index in [1.165, 1.54) is 167 Å². The van der Waals surface area contributed by atoms with Gasteiger partial charge >= 0.3 is 11.9 Å². The lowest BCUT2D eigenvalue weighted by atomic mass is 10.0. The van der Waals surface area contributed by atoms with Crippen molar-refractivity contribution in [2.45, 2.75) is 323 Å². The molecule has 0 aromatic carbocycles. The van der Waals surface area contributed by atoms with Crippen molar-refractivity contribution in [2.24, 2.45) is 0 Å². The van der Waals surface area contributed by atoms with Crippen molar-refractivity contribution in [1.29, 1.82) is 0 Å². The highest BCUT2D eigenvalue weighted by atomic mass is 16.5. The number of aromatic nitrogens is 3. The highest BCUT2D eigenvalue weighted by Gasteiger charge is 2.16. The van der Waals surface area contributed by atoms with E-state index in [0.717, 1.165) is 109 Å². The van der Waals surface area contributed by atoms with Crippen LogP contribution in [0.1, 0.15) is 297 Å². The van der Waals surface area contributed by atoms with Crippen LogP contribution in [0.3, 0.4) is 0 Å². The number of unbranched alkanes of at least 4 members (excludes halogenated alkanes) is 28. The van der Waals surface area contributed by atoms with Crippen LogP contribution in [-0.4, -0.2) is 74.9 Å².